The summed E-state index contributed by atoms with van der Waals surface area (Å²) in [7, 11) is 0. The van der Waals surface area contributed by atoms with Gasteiger partial charge < -0.3 is 10.2 Å². The molecule has 0 aliphatic carbocycles. The first-order chi connectivity index (χ1) is 7.77. The summed E-state index contributed by atoms with van der Waals surface area (Å²) in [5, 5.41) is 5.36. The van der Waals surface area contributed by atoms with Crippen molar-refractivity contribution in [1.29, 1.82) is 0 Å². The third-order valence-corrected chi connectivity index (χ3v) is 4.60. The zero-order valence-corrected chi connectivity index (χ0v) is 10.2. The molecule has 86 valence electrons. The first kappa shape index (κ1) is 10.3. The van der Waals surface area contributed by atoms with E-state index in [1.165, 1.54) is 0 Å². The van der Waals surface area contributed by atoms with Gasteiger partial charge in [-0.2, -0.15) is 0 Å². The molecule has 1 N–H and O–H groups in total. The van der Waals surface area contributed by atoms with Crippen molar-refractivity contribution in [2.24, 2.45) is 5.92 Å². The summed E-state index contributed by atoms with van der Waals surface area (Å²) in [6, 6.07) is 4.69. The van der Waals surface area contributed by atoms with Gasteiger partial charge in [-0.15, -0.1) is 11.3 Å². The lowest BCUT2D eigenvalue weighted by Gasteiger charge is -2.27. The summed E-state index contributed by atoms with van der Waals surface area (Å²) in [6.45, 7) is 4.21. The standard InChI is InChI=1S/C12H16N2OS/c1-8-5-9-6-13-7-10(9)14(8)12(15)11-3-2-4-16-11/h2-4,8-10,13H,5-7H2,1H3. The Balaban J connectivity index is 1.86. The number of rotatable bonds is 1. The average molecular weight is 236 g/mol. The molecule has 0 radical (unpaired) electrons. The molecule has 0 aromatic carbocycles. The topological polar surface area (TPSA) is 32.3 Å². The minimum Gasteiger partial charge on any atom is -0.331 e. The summed E-state index contributed by atoms with van der Waals surface area (Å²) < 4.78 is 0. The van der Waals surface area contributed by atoms with Gasteiger partial charge in [-0.05, 0) is 30.7 Å². The van der Waals surface area contributed by atoms with Crippen molar-refractivity contribution in [1.82, 2.24) is 10.2 Å². The van der Waals surface area contributed by atoms with E-state index in [2.05, 4.69) is 17.1 Å². The SMILES string of the molecule is CC1CC2CNCC2N1C(=O)c1cccs1. The Morgan fingerprint density at radius 2 is 2.44 bits per heavy atom. The Labute approximate surface area is 99.5 Å². The number of carbonyl (C=O) groups excluding carboxylic acids is 1. The molecule has 2 saturated heterocycles. The van der Waals surface area contributed by atoms with E-state index < -0.39 is 0 Å². The number of likely N-dealkylation sites (tertiary alicyclic amines) is 1. The molecule has 16 heavy (non-hydrogen) atoms. The van der Waals surface area contributed by atoms with Crippen molar-refractivity contribution >= 4 is 17.2 Å². The largest absolute Gasteiger partial charge is 0.331 e. The Morgan fingerprint density at radius 1 is 1.56 bits per heavy atom. The fourth-order valence-corrected chi connectivity index (χ4v) is 3.71. The maximum absolute atomic E-state index is 12.4. The highest BCUT2D eigenvalue weighted by Gasteiger charge is 2.44. The monoisotopic (exact) mass is 236 g/mol. The molecular weight excluding hydrogens is 220 g/mol. The smallest absolute Gasteiger partial charge is 0.264 e. The van der Waals surface area contributed by atoms with Gasteiger partial charge >= 0.3 is 0 Å². The van der Waals surface area contributed by atoms with Crippen molar-refractivity contribution < 1.29 is 4.79 Å². The highest BCUT2D eigenvalue weighted by molar-refractivity contribution is 7.12. The maximum atomic E-state index is 12.4. The Kier molecular flexibility index (Phi) is 2.48. The number of thiophene rings is 1. The van der Waals surface area contributed by atoms with Crippen LogP contribution in [0, 0.1) is 5.92 Å². The third-order valence-electron chi connectivity index (χ3n) is 3.75. The Morgan fingerprint density at radius 3 is 3.19 bits per heavy atom. The molecule has 1 amide bonds. The fourth-order valence-electron chi connectivity index (χ4n) is 3.04. The Hall–Kier alpha value is -0.870. The number of nitrogens with one attached hydrogen (secondary N) is 1. The van der Waals surface area contributed by atoms with E-state index in [0.29, 0.717) is 18.0 Å². The first-order valence-electron chi connectivity index (χ1n) is 5.84. The number of fused-ring (bicyclic) bond motifs is 1. The molecule has 0 spiro atoms. The molecule has 3 unspecified atom stereocenters. The van der Waals surface area contributed by atoms with Crippen LogP contribution in [-0.2, 0) is 0 Å². The molecule has 0 bridgehead atoms. The number of amides is 1. The second-order valence-corrected chi connectivity index (χ2v) is 5.71. The van der Waals surface area contributed by atoms with Crippen LogP contribution < -0.4 is 5.32 Å². The molecule has 1 aromatic heterocycles. The first-order valence-corrected chi connectivity index (χ1v) is 6.72. The summed E-state index contributed by atoms with van der Waals surface area (Å²) >= 11 is 1.54. The molecule has 2 aliphatic rings. The minimum atomic E-state index is 0.221. The zero-order valence-electron chi connectivity index (χ0n) is 9.35. The van der Waals surface area contributed by atoms with E-state index >= 15 is 0 Å². The van der Waals surface area contributed by atoms with Crippen LogP contribution in [0.2, 0.25) is 0 Å². The van der Waals surface area contributed by atoms with Crippen LogP contribution in [0.1, 0.15) is 23.0 Å². The lowest BCUT2D eigenvalue weighted by molar-refractivity contribution is 0.0687. The number of nitrogens with zero attached hydrogens (tertiary/aromatic N) is 1. The molecule has 3 atom stereocenters. The van der Waals surface area contributed by atoms with Gasteiger partial charge in [0.05, 0.1) is 4.88 Å². The molecule has 4 heteroatoms. The molecule has 0 saturated carbocycles. The third kappa shape index (κ3) is 1.48. The van der Waals surface area contributed by atoms with E-state index in [-0.39, 0.29) is 5.91 Å². The normalized spacial score (nSPS) is 33.1. The highest BCUT2D eigenvalue weighted by atomic mass is 32.1. The lowest BCUT2D eigenvalue weighted by atomic mass is 10.0. The minimum absolute atomic E-state index is 0.221. The van der Waals surface area contributed by atoms with Gasteiger partial charge in [0.25, 0.3) is 5.91 Å². The molecule has 3 heterocycles. The van der Waals surface area contributed by atoms with E-state index in [1.54, 1.807) is 11.3 Å². The molecular formula is C12H16N2OS. The van der Waals surface area contributed by atoms with Crippen LogP contribution in [0.3, 0.4) is 0 Å². The van der Waals surface area contributed by atoms with Crippen molar-refractivity contribution in [2.75, 3.05) is 13.1 Å². The van der Waals surface area contributed by atoms with Crippen LogP contribution in [0.4, 0.5) is 0 Å². The second kappa shape index (κ2) is 3.86. The molecule has 2 fully saturated rings. The molecule has 1 aromatic rings. The van der Waals surface area contributed by atoms with Crippen molar-refractivity contribution in [3.05, 3.63) is 22.4 Å². The molecule has 3 rings (SSSR count). The quantitative estimate of drug-likeness (QED) is 0.803. The Bertz CT molecular complexity index is 390. The van der Waals surface area contributed by atoms with Crippen molar-refractivity contribution in [2.45, 2.75) is 25.4 Å². The van der Waals surface area contributed by atoms with E-state index in [1.807, 2.05) is 17.5 Å². The van der Waals surface area contributed by atoms with Crippen LogP contribution in [0.25, 0.3) is 0 Å². The summed E-state index contributed by atoms with van der Waals surface area (Å²) in [6.07, 6.45) is 1.15. The van der Waals surface area contributed by atoms with Gasteiger partial charge in [-0.25, -0.2) is 0 Å². The number of hydrogen-bond donors (Lipinski definition) is 1. The van der Waals surface area contributed by atoms with Crippen LogP contribution >= 0.6 is 11.3 Å². The van der Waals surface area contributed by atoms with Gasteiger partial charge in [0.1, 0.15) is 0 Å². The highest BCUT2D eigenvalue weighted by Crippen LogP contribution is 2.33. The van der Waals surface area contributed by atoms with Crippen molar-refractivity contribution in [3.8, 4) is 0 Å². The number of carbonyl (C=O) groups is 1. The van der Waals surface area contributed by atoms with E-state index in [4.69, 9.17) is 0 Å². The predicted octanol–water partition coefficient (Wildman–Crippen LogP) is 1.57. The van der Waals surface area contributed by atoms with Crippen LogP contribution in [0.15, 0.2) is 17.5 Å². The van der Waals surface area contributed by atoms with Crippen LogP contribution in [-0.4, -0.2) is 36.0 Å². The average Bonchev–Trinajstić information content (AvgIpc) is 2.89. The van der Waals surface area contributed by atoms with Gasteiger partial charge in [-0.3, -0.25) is 4.79 Å². The fraction of sp³-hybridized carbons (Fsp3) is 0.583. The molecule has 2 aliphatic heterocycles. The van der Waals surface area contributed by atoms with E-state index in [9.17, 15) is 4.79 Å². The summed E-state index contributed by atoms with van der Waals surface area (Å²) in [5.74, 6) is 0.887. The van der Waals surface area contributed by atoms with Crippen LogP contribution in [0.5, 0.6) is 0 Å². The zero-order chi connectivity index (χ0) is 11.1. The predicted molar refractivity (Wildman–Crippen MR) is 64.7 cm³/mol. The summed E-state index contributed by atoms with van der Waals surface area (Å²) in [4.78, 5) is 15.3. The maximum Gasteiger partial charge on any atom is 0.264 e. The number of hydrogen-bond acceptors (Lipinski definition) is 3. The van der Waals surface area contributed by atoms with Gasteiger partial charge in [-0.1, -0.05) is 6.07 Å². The van der Waals surface area contributed by atoms with Gasteiger partial charge in [0.15, 0.2) is 0 Å². The summed E-state index contributed by atoms with van der Waals surface area (Å²) in [5.41, 5.74) is 0. The van der Waals surface area contributed by atoms with Gasteiger partial charge in [0, 0.05) is 25.2 Å². The van der Waals surface area contributed by atoms with Crippen molar-refractivity contribution in [3.63, 3.8) is 0 Å². The molecule has 3 nitrogen and oxygen atoms in total. The van der Waals surface area contributed by atoms with Gasteiger partial charge in [0.2, 0.25) is 0 Å². The van der Waals surface area contributed by atoms with E-state index in [0.717, 1.165) is 24.4 Å². The second-order valence-electron chi connectivity index (χ2n) is 4.76. The lowest BCUT2D eigenvalue weighted by Crippen LogP contribution is -2.42.